The van der Waals surface area contributed by atoms with Crippen molar-refractivity contribution in [1.29, 1.82) is 0 Å². The molecule has 0 fully saturated rings. The first-order chi connectivity index (χ1) is 11.7. The molecule has 0 aliphatic heterocycles. The molecule has 0 saturated heterocycles. The molecule has 4 aromatic rings. The number of pyridine rings is 2. The summed E-state index contributed by atoms with van der Waals surface area (Å²) in [5.41, 5.74) is 3.68. The fraction of sp³-hybridized carbons (Fsp3) is 0.0556. The van der Waals surface area contributed by atoms with Crippen LogP contribution < -0.4 is 0 Å². The second-order valence-corrected chi connectivity index (χ2v) is 5.38. The van der Waals surface area contributed by atoms with Crippen molar-refractivity contribution >= 4 is 11.0 Å². The summed E-state index contributed by atoms with van der Waals surface area (Å²) in [6.45, 7) is 0.507. The topological polar surface area (TPSA) is 43.6 Å². The average Bonchev–Trinajstić information content (AvgIpc) is 3.00. The average molecular weight is 322 g/mol. The monoisotopic (exact) mass is 322 g/mol. The van der Waals surface area contributed by atoms with E-state index < -0.39 is 11.6 Å². The van der Waals surface area contributed by atoms with E-state index in [4.69, 9.17) is 0 Å². The minimum atomic E-state index is -0.880. The highest BCUT2D eigenvalue weighted by Crippen LogP contribution is 2.24. The lowest BCUT2D eigenvalue weighted by Crippen LogP contribution is -2.03. The van der Waals surface area contributed by atoms with E-state index in [9.17, 15) is 8.78 Å². The van der Waals surface area contributed by atoms with Gasteiger partial charge in [0.1, 0.15) is 5.52 Å². The predicted molar refractivity (Wildman–Crippen MR) is 86.2 cm³/mol. The van der Waals surface area contributed by atoms with Crippen LogP contribution >= 0.6 is 0 Å². The molecule has 3 aromatic heterocycles. The molecule has 0 radical (unpaired) electrons. The Kier molecular flexibility index (Phi) is 3.49. The number of aromatic nitrogens is 4. The van der Waals surface area contributed by atoms with Crippen molar-refractivity contribution in [3.63, 3.8) is 0 Å². The number of benzene rings is 1. The fourth-order valence-corrected chi connectivity index (χ4v) is 2.56. The van der Waals surface area contributed by atoms with Crippen LogP contribution in [-0.2, 0) is 6.54 Å². The van der Waals surface area contributed by atoms with Crippen LogP contribution in [0.1, 0.15) is 5.69 Å². The van der Waals surface area contributed by atoms with Gasteiger partial charge < -0.3 is 0 Å². The normalized spacial score (nSPS) is 11.1. The van der Waals surface area contributed by atoms with Crippen LogP contribution in [0.3, 0.4) is 0 Å². The van der Waals surface area contributed by atoms with Crippen molar-refractivity contribution in [3.05, 3.63) is 78.4 Å². The zero-order valence-corrected chi connectivity index (χ0v) is 12.5. The zero-order valence-electron chi connectivity index (χ0n) is 12.5. The third-order valence-corrected chi connectivity index (χ3v) is 3.79. The molecular formula is C18H12F2N4. The van der Waals surface area contributed by atoms with E-state index in [0.29, 0.717) is 17.7 Å². The third kappa shape index (κ3) is 2.62. The summed E-state index contributed by atoms with van der Waals surface area (Å²) >= 11 is 0. The number of hydrogen-bond acceptors (Lipinski definition) is 3. The van der Waals surface area contributed by atoms with Gasteiger partial charge in [0.25, 0.3) is 0 Å². The molecule has 0 amide bonds. The summed E-state index contributed by atoms with van der Waals surface area (Å²) in [6, 6.07) is 11.4. The zero-order chi connectivity index (χ0) is 16.5. The second-order valence-electron chi connectivity index (χ2n) is 5.38. The number of nitrogens with zero attached hydrogens (tertiary/aromatic N) is 4. The molecule has 1 aromatic carbocycles. The Labute approximate surface area is 136 Å². The smallest absolute Gasteiger partial charge is 0.159 e. The van der Waals surface area contributed by atoms with E-state index in [1.165, 1.54) is 6.07 Å². The van der Waals surface area contributed by atoms with Gasteiger partial charge in [-0.15, -0.1) is 0 Å². The summed E-state index contributed by atoms with van der Waals surface area (Å²) in [4.78, 5) is 8.64. The summed E-state index contributed by atoms with van der Waals surface area (Å²) in [5, 5.41) is 4.34. The van der Waals surface area contributed by atoms with E-state index in [1.54, 1.807) is 23.3 Å². The maximum atomic E-state index is 13.5. The summed E-state index contributed by atoms with van der Waals surface area (Å²) < 4.78 is 28.4. The highest BCUT2D eigenvalue weighted by molar-refractivity contribution is 5.80. The maximum absolute atomic E-state index is 13.5. The van der Waals surface area contributed by atoms with Crippen molar-refractivity contribution in [2.45, 2.75) is 6.54 Å². The first-order valence-corrected chi connectivity index (χ1v) is 7.37. The van der Waals surface area contributed by atoms with E-state index in [1.807, 2.05) is 24.3 Å². The van der Waals surface area contributed by atoms with Crippen molar-refractivity contribution < 1.29 is 8.78 Å². The summed E-state index contributed by atoms with van der Waals surface area (Å²) in [5.74, 6) is -1.75. The van der Waals surface area contributed by atoms with Crippen LogP contribution in [0.5, 0.6) is 0 Å². The first kappa shape index (κ1) is 14.4. The molecule has 118 valence electrons. The Balaban J connectivity index is 1.76. The van der Waals surface area contributed by atoms with Gasteiger partial charge in [-0.1, -0.05) is 12.1 Å². The Morgan fingerprint density at radius 3 is 2.58 bits per heavy atom. The molecule has 0 aliphatic carbocycles. The standard InChI is InChI=1S/C18H12F2N4/c19-15-5-4-12(7-16(15)20)13-8-18-17(22-9-13)10-23-24(18)11-14-3-1-2-6-21-14/h1-10H,11H2. The lowest BCUT2D eigenvalue weighted by molar-refractivity contribution is 0.509. The molecule has 0 aliphatic rings. The first-order valence-electron chi connectivity index (χ1n) is 7.37. The van der Waals surface area contributed by atoms with Crippen molar-refractivity contribution in [1.82, 2.24) is 19.7 Å². The van der Waals surface area contributed by atoms with Gasteiger partial charge >= 0.3 is 0 Å². The van der Waals surface area contributed by atoms with Crippen molar-refractivity contribution in [2.75, 3.05) is 0 Å². The molecule has 0 N–H and O–H groups in total. The molecule has 0 atom stereocenters. The Morgan fingerprint density at radius 1 is 0.875 bits per heavy atom. The molecule has 0 saturated carbocycles. The van der Waals surface area contributed by atoms with Gasteiger partial charge in [-0.2, -0.15) is 5.10 Å². The van der Waals surface area contributed by atoms with E-state index in [-0.39, 0.29) is 0 Å². The summed E-state index contributed by atoms with van der Waals surface area (Å²) in [7, 11) is 0. The van der Waals surface area contributed by atoms with E-state index in [2.05, 4.69) is 15.1 Å². The van der Waals surface area contributed by atoms with Crippen LogP contribution in [0, 0.1) is 11.6 Å². The quantitative estimate of drug-likeness (QED) is 0.576. The number of halogens is 2. The lowest BCUT2D eigenvalue weighted by atomic mass is 10.1. The molecule has 24 heavy (non-hydrogen) atoms. The van der Waals surface area contributed by atoms with Gasteiger partial charge in [0.15, 0.2) is 11.6 Å². The number of hydrogen-bond donors (Lipinski definition) is 0. The van der Waals surface area contributed by atoms with Crippen LogP contribution in [0.4, 0.5) is 8.78 Å². The van der Waals surface area contributed by atoms with Gasteiger partial charge in [-0.05, 0) is 35.9 Å². The minimum absolute atomic E-state index is 0.507. The number of fused-ring (bicyclic) bond motifs is 1. The minimum Gasteiger partial charge on any atom is -0.259 e. The Hall–Kier alpha value is -3.15. The third-order valence-electron chi connectivity index (χ3n) is 3.79. The molecule has 0 unspecified atom stereocenters. The van der Waals surface area contributed by atoms with Crippen molar-refractivity contribution in [2.24, 2.45) is 0 Å². The highest BCUT2D eigenvalue weighted by atomic mass is 19.2. The Bertz CT molecular complexity index is 1010. The molecule has 0 bridgehead atoms. The SMILES string of the molecule is Fc1ccc(-c2cnc3cnn(Cc4ccccn4)c3c2)cc1F. The molecule has 4 rings (SSSR count). The van der Waals surface area contributed by atoms with Gasteiger partial charge in [-0.3, -0.25) is 14.6 Å². The Morgan fingerprint density at radius 2 is 1.79 bits per heavy atom. The van der Waals surface area contributed by atoms with E-state index in [0.717, 1.165) is 28.9 Å². The van der Waals surface area contributed by atoms with Crippen LogP contribution in [0.25, 0.3) is 22.2 Å². The maximum Gasteiger partial charge on any atom is 0.159 e. The van der Waals surface area contributed by atoms with E-state index >= 15 is 0 Å². The summed E-state index contributed by atoms with van der Waals surface area (Å²) in [6.07, 6.45) is 5.03. The largest absolute Gasteiger partial charge is 0.259 e. The predicted octanol–water partition coefficient (Wildman–Crippen LogP) is 3.82. The number of rotatable bonds is 3. The fourth-order valence-electron chi connectivity index (χ4n) is 2.56. The van der Waals surface area contributed by atoms with Gasteiger partial charge in [0.2, 0.25) is 0 Å². The van der Waals surface area contributed by atoms with Crippen LogP contribution in [-0.4, -0.2) is 19.7 Å². The molecule has 4 nitrogen and oxygen atoms in total. The van der Waals surface area contributed by atoms with Crippen LogP contribution in [0.2, 0.25) is 0 Å². The molecular weight excluding hydrogens is 310 g/mol. The van der Waals surface area contributed by atoms with Crippen LogP contribution in [0.15, 0.2) is 61.1 Å². The van der Waals surface area contributed by atoms with Gasteiger partial charge in [-0.25, -0.2) is 8.78 Å². The van der Waals surface area contributed by atoms with Crippen molar-refractivity contribution in [3.8, 4) is 11.1 Å². The van der Waals surface area contributed by atoms with Gasteiger partial charge in [0.05, 0.1) is 24.0 Å². The second kappa shape index (κ2) is 5.81. The lowest BCUT2D eigenvalue weighted by Gasteiger charge is -2.05. The molecule has 0 spiro atoms. The van der Waals surface area contributed by atoms with Gasteiger partial charge in [0, 0.05) is 18.0 Å². The molecule has 6 heteroatoms. The molecule has 3 heterocycles. The highest BCUT2D eigenvalue weighted by Gasteiger charge is 2.09.